The lowest BCUT2D eigenvalue weighted by molar-refractivity contribution is 0.0696. The van der Waals surface area contributed by atoms with Gasteiger partial charge >= 0.3 is 5.97 Å². The Bertz CT molecular complexity index is 379. The molecule has 3 nitrogen and oxygen atoms in total. The zero-order valence-corrected chi connectivity index (χ0v) is 11.3. The Kier molecular flexibility index (Phi) is 5.35. The van der Waals surface area contributed by atoms with E-state index in [0.717, 1.165) is 29.1 Å². The molecule has 1 N–H and O–H groups in total. The smallest absolute Gasteiger partial charge is 0.335 e. The largest absolute Gasteiger partial charge is 0.493 e. The minimum Gasteiger partial charge on any atom is -0.493 e. The molecular weight excluding hydrogens is 236 g/mol. The predicted octanol–water partition coefficient (Wildman–Crippen LogP) is 3.13. The molecular formula is C13H18O3S. The van der Waals surface area contributed by atoms with Crippen LogP contribution in [0.4, 0.5) is 0 Å². The molecule has 0 bridgehead atoms. The maximum atomic E-state index is 10.9. The van der Waals surface area contributed by atoms with Crippen molar-refractivity contribution in [1.82, 2.24) is 0 Å². The fourth-order valence-corrected chi connectivity index (χ4v) is 2.09. The highest BCUT2D eigenvalue weighted by Crippen LogP contribution is 2.25. The number of hydrogen-bond acceptors (Lipinski definition) is 3. The van der Waals surface area contributed by atoms with Crippen LogP contribution in [-0.4, -0.2) is 29.7 Å². The monoisotopic (exact) mass is 254 g/mol. The number of aryl methyl sites for hydroxylation is 2. The molecule has 0 aromatic heterocycles. The van der Waals surface area contributed by atoms with E-state index in [2.05, 4.69) is 6.26 Å². The third-order valence-electron chi connectivity index (χ3n) is 2.45. The van der Waals surface area contributed by atoms with Crippen molar-refractivity contribution in [3.63, 3.8) is 0 Å². The Morgan fingerprint density at radius 3 is 2.41 bits per heavy atom. The first-order valence-electron chi connectivity index (χ1n) is 5.52. The van der Waals surface area contributed by atoms with Gasteiger partial charge in [-0.25, -0.2) is 4.79 Å². The second-order valence-corrected chi connectivity index (χ2v) is 4.92. The maximum absolute atomic E-state index is 10.9. The lowest BCUT2D eigenvalue weighted by Gasteiger charge is -2.12. The molecule has 0 atom stereocenters. The van der Waals surface area contributed by atoms with Gasteiger partial charge in [0.15, 0.2) is 0 Å². The number of carbonyl (C=O) groups is 1. The second-order valence-electron chi connectivity index (χ2n) is 3.94. The van der Waals surface area contributed by atoms with Gasteiger partial charge in [0.1, 0.15) is 5.75 Å². The summed E-state index contributed by atoms with van der Waals surface area (Å²) in [5.41, 5.74) is 2.08. The van der Waals surface area contributed by atoms with Gasteiger partial charge in [-0.2, -0.15) is 11.8 Å². The first kappa shape index (κ1) is 13.9. The standard InChI is InChI=1S/C13H18O3S/c1-9-7-11(13(14)15)8-10(2)12(9)16-5-4-6-17-3/h7-8H,4-6H2,1-3H3,(H,14,15). The van der Waals surface area contributed by atoms with Gasteiger partial charge in [0.25, 0.3) is 0 Å². The molecule has 0 radical (unpaired) electrons. The van der Waals surface area contributed by atoms with E-state index in [1.165, 1.54) is 0 Å². The third kappa shape index (κ3) is 3.97. The molecule has 1 aromatic rings. The average Bonchev–Trinajstić information content (AvgIpc) is 2.26. The number of thioether (sulfide) groups is 1. The van der Waals surface area contributed by atoms with Crippen LogP contribution in [0.15, 0.2) is 12.1 Å². The van der Waals surface area contributed by atoms with Gasteiger partial charge in [0.2, 0.25) is 0 Å². The van der Waals surface area contributed by atoms with Crippen molar-refractivity contribution in [2.45, 2.75) is 20.3 Å². The number of ether oxygens (including phenoxy) is 1. The van der Waals surface area contributed by atoms with E-state index < -0.39 is 5.97 Å². The fraction of sp³-hybridized carbons (Fsp3) is 0.462. The number of benzene rings is 1. The van der Waals surface area contributed by atoms with Gasteiger partial charge in [-0.05, 0) is 55.5 Å². The molecule has 0 saturated carbocycles. The van der Waals surface area contributed by atoms with Crippen molar-refractivity contribution in [2.75, 3.05) is 18.6 Å². The van der Waals surface area contributed by atoms with Crippen LogP contribution >= 0.6 is 11.8 Å². The summed E-state index contributed by atoms with van der Waals surface area (Å²) in [7, 11) is 0. The van der Waals surface area contributed by atoms with Crippen molar-refractivity contribution in [3.05, 3.63) is 28.8 Å². The van der Waals surface area contributed by atoms with Crippen LogP contribution in [0, 0.1) is 13.8 Å². The molecule has 0 amide bonds. The van der Waals surface area contributed by atoms with Crippen LogP contribution in [0.1, 0.15) is 27.9 Å². The zero-order chi connectivity index (χ0) is 12.8. The van der Waals surface area contributed by atoms with Crippen molar-refractivity contribution < 1.29 is 14.6 Å². The van der Waals surface area contributed by atoms with E-state index in [9.17, 15) is 4.79 Å². The first-order valence-corrected chi connectivity index (χ1v) is 6.92. The molecule has 0 aliphatic carbocycles. The molecule has 94 valence electrons. The number of carboxylic acids is 1. The van der Waals surface area contributed by atoms with Crippen molar-refractivity contribution in [1.29, 1.82) is 0 Å². The summed E-state index contributed by atoms with van der Waals surface area (Å²) in [4.78, 5) is 10.9. The van der Waals surface area contributed by atoms with E-state index in [-0.39, 0.29) is 0 Å². The second kappa shape index (κ2) is 6.55. The van der Waals surface area contributed by atoms with Crippen LogP contribution in [-0.2, 0) is 0 Å². The van der Waals surface area contributed by atoms with Crippen LogP contribution in [0.3, 0.4) is 0 Å². The van der Waals surface area contributed by atoms with Crippen molar-refractivity contribution in [2.24, 2.45) is 0 Å². The molecule has 17 heavy (non-hydrogen) atoms. The van der Waals surface area contributed by atoms with Gasteiger partial charge in [-0.15, -0.1) is 0 Å². The Balaban J connectivity index is 2.76. The molecule has 0 unspecified atom stereocenters. The van der Waals surface area contributed by atoms with Crippen molar-refractivity contribution in [3.8, 4) is 5.75 Å². The highest BCUT2D eigenvalue weighted by Gasteiger charge is 2.10. The Morgan fingerprint density at radius 2 is 1.94 bits per heavy atom. The highest BCUT2D eigenvalue weighted by atomic mass is 32.2. The summed E-state index contributed by atoms with van der Waals surface area (Å²) in [6, 6.07) is 3.30. The summed E-state index contributed by atoms with van der Waals surface area (Å²) in [6.45, 7) is 4.43. The average molecular weight is 254 g/mol. The first-order chi connectivity index (χ1) is 8.06. The summed E-state index contributed by atoms with van der Waals surface area (Å²) in [6.07, 6.45) is 3.07. The topological polar surface area (TPSA) is 46.5 Å². The maximum Gasteiger partial charge on any atom is 0.335 e. The molecule has 0 saturated heterocycles. The molecule has 1 rings (SSSR count). The molecule has 1 aromatic carbocycles. The van der Waals surface area contributed by atoms with E-state index in [1.807, 2.05) is 13.8 Å². The van der Waals surface area contributed by atoms with Gasteiger partial charge in [-0.1, -0.05) is 0 Å². The fourth-order valence-electron chi connectivity index (χ4n) is 1.68. The Labute approximate surface area is 106 Å². The van der Waals surface area contributed by atoms with E-state index in [4.69, 9.17) is 9.84 Å². The molecule has 0 aliphatic heterocycles. The lowest BCUT2D eigenvalue weighted by Crippen LogP contribution is -2.04. The molecule has 0 aliphatic rings. The molecule has 0 spiro atoms. The number of rotatable bonds is 6. The van der Waals surface area contributed by atoms with Crippen LogP contribution in [0.2, 0.25) is 0 Å². The SMILES string of the molecule is CSCCCOc1c(C)cc(C(=O)O)cc1C. The molecule has 0 heterocycles. The minimum atomic E-state index is -0.898. The minimum absolute atomic E-state index is 0.316. The zero-order valence-electron chi connectivity index (χ0n) is 10.4. The van der Waals surface area contributed by atoms with Gasteiger partial charge in [0.05, 0.1) is 12.2 Å². The molecule has 0 fully saturated rings. The quantitative estimate of drug-likeness (QED) is 0.792. The number of hydrogen-bond donors (Lipinski definition) is 1. The summed E-state index contributed by atoms with van der Waals surface area (Å²) in [5.74, 6) is 0.993. The third-order valence-corrected chi connectivity index (χ3v) is 3.14. The van der Waals surface area contributed by atoms with Gasteiger partial charge in [0, 0.05) is 0 Å². The van der Waals surface area contributed by atoms with E-state index in [1.54, 1.807) is 23.9 Å². The summed E-state index contributed by atoms with van der Waals surface area (Å²) < 4.78 is 5.70. The number of aromatic carboxylic acids is 1. The van der Waals surface area contributed by atoms with Gasteiger partial charge < -0.3 is 9.84 Å². The number of carboxylic acid groups (broad SMARTS) is 1. The van der Waals surface area contributed by atoms with Crippen LogP contribution in [0.25, 0.3) is 0 Å². The predicted molar refractivity (Wildman–Crippen MR) is 71.4 cm³/mol. The Morgan fingerprint density at radius 1 is 1.35 bits per heavy atom. The van der Waals surface area contributed by atoms with Crippen LogP contribution in [0.5, 0.6) is 5.75 Å². The summed E-state index contributed by atoms with van der Waals surface area (Å²) >= 11 is 1.79. The summed E-state index contributed by atoms with van der Waals surface area (Å²) in [5, 5.41) is 8.93. The van der Waals surface area contributed by atoms with E-state index >= 15 is 0 Å². The Hall–Kier alpha value is -1.16. The highest BCUT2D eigenvalue weighted by molar-refractivity contribution is 7.98. The van der Waals surface area contributed by atoms with E-state index in [0.29, 0.717) is 12.2 Å². The lowest BCUT2D eigenvalue weighted by atomic mass is 10.1. The van der Waals surface area contributed by atoms with Crippen LogP contribution < -0.4 is 4.74 Å². The molecule has 4 heteroatoms. The van der Waals surface area contributed by atoms with Crippen molar-refractivity contribution >= 4 is 17.7 Å². The normalized spacial score (nSPS) is 10.3. The van der Waals surface area contributed by atoms with Gasteiger partial charge in [-0.3, -0.25) is 0 Å².